The zero-order chi connectivity index (χ0) is 35.0. The maximum Gasteiger partial charge on any atom is 0.353 e. The number of imide groups is 1. The Labute approximate surface area is 265 Å². The van der Waals surface area contributed by atoms with Crippen molar-refractivity contribution in [2.45, 2.75) is 25.5 Å². The third-order valence-electron chi connectivity index (χ3n) is 6.28. The van der Waals surface area contributed by atoms with Crippen LogP contribution in [0.25, 0.3) is 0 Å². The lowest BCUT2D eigenvalue weighted by molar-refractivity contribution is -0.161. The Kier molecular flexibility index (Phi) is 8.97. The number of hydrazine groups is 1. The number of β-lactam (4-membered cyclic amide) rings is 1. The van der Waals surface area contributed by atoms with E-state index in [1.807, 2.05) is 10.4 Å². The molecule has 4 rings (SSSR count). The van der Waals surface area contributed by atoms with Crippen LogP contribution in [0, 0.1) is 0 Å². The number of rotatable bonds is 10. The number of hydrogen-bond acceptors (Lipinski definition) is 16. The molecule has 0 spiro atoms. The topological polar surface area (TPSA) is 336 Å². The highest BCUT2D eigenvalue weighted by Gasteiger charge is 2.46. The number of nitrogen functional groups attached to an aromatic ring is 1. The summed E-state index contributed by atoms with van der Waals surface area (Å²) in [5, 5.41) is 35.7. The van der Waals surface area contributed by atoms with E-state index in [0.29, 0.717) is 16.0 Å². The van der Waals surface area contributed by atoms with Crippen LogP contribution in [0.3, 0.4) is 0 Å². The summed E-state index contributed by atoms with van der Waals surface area (Å²) >= 11 is 0.920. The predicted molar refractivity (Wildman–Crippen MR) is 154 cm³/mol. The van der Waals surface area contributed by atoms with Crippen LogP contribution in [0.1, 0.15) is 30.0 Å². The van der Waals surface area contributed by atoms with Gasteiger partial charge < -0.3 is 36.2 Å². The molecule has 2 aromatic rings. The SMILES string of the molecule is CC(C)(ON=C(C(=O)NC1CN(C(=O)NS(=O)(=O)N2CCN(NC(=O)c3cc(=O)c(O)c(O)[nH]3)C2=O)C1=O)c1csc(N)n1)C(=O)O. The molecule has 47 heavy (non-hydrogen) atoms. The molecular formula is C22H24N10O13S2. The average Bonchev–Trinajstić information content (AvgIpc) is 3.57. The third-order valence-corrected chi connectivity index (χ3v) is 8.31. The van der Waals surface area contributed by atoms with E-state index in [0.717, 1.165) is 25.2 Å². The molecule has 0 saturated carbocycles. The number of carbonyl (C=O) groups excluding carboxylic acids is 5. The third kappa shape index (κ3) is 6.98. The van der Waals surface area contributed by atoms with Crippen LogP contribution in [0.5, 0.6) is 11.6 Å². The number of carboxylic acid groups (broad SMARTS) is 1. The van der Waals surface area contributed by atoms with Crippen LogP contribution in [-0.2, 0) is 29.4 Å². The van der Waals surface area contributed by atoms with Crippen LogP contribution in [-0.4, -0.2) is 121 Å². The van der Waals surface area contributed by atoms with Gasteiger partial charge in [0.05, 0.1) is 19.6 Å². The van der Waals surface area contributed by atoms with Gasteiger partial charge in [-0.1, -0.05) is 5.16 Å². The van der Waals surface area contributed by atoms with Crippen molar-refractivity contribution in [2.24, 2.45) is 5.16 Å². The molecule has 0 aromatic carbocycles. The number of aromatic amines is 1. The molecule has 0 bridgehead atoms. The van der Waals surface area contributed by atoms with Gasteiger partial charge in [0.1, 0.15) is 17.4 Å². The molecule has 7 amide bonds. The minimum atomic E-state index is -4.94. The molecule has 2 aliphatic rings. The number of carboxylic acids is 1. The lowest BCUT2D eigenvalue weighted by atomic mass is 10.1. The predicted octanol–water partition coefficient (Wildman–Crippen LogP) is -3.23. The number of nitrogens with zero attached hydrogens (tertiary/aromatic N) is 5. The smallest absolute Gasteiger partial charge is 0.353 e. The Morgan fingerprint density at radius 1 is 1.19 bits per heavy atom. The first-order valence-electron chi connectivity index (χ1n) is 12.8. The quantitative estimate of drug-likeness (QED) is 0.0686. The van der Waals surface area contributed by atoms with Gasteiger partial charge in [-0.05, 0) is 13.8 Å². The van der Waals surface area contributed by atoms with E-state index in [9.17, 15) is 57.3 Å². The number of aromatic nitrogens is 2. The van der Waals surface area contributed by atoms with Crippen molar-refractivity contribution in [3.63, 3.8) is 0 Å². The lowest BCUT2D eigenvalue weighted by Gasteiger charge is -2.36. The van der Waals surface area contributed by atoms with Gasteiger partial charge in [0.25, 0.3) is 17.7 Å². The molecule has 25 heteroatoms. The van der Waals surface area contributed by atoms with E-state index in [1.54, 1.807) is 0 Å². The van der Waals surface area contributed by atoms with Gasteiger partial charge in [0, 0.05) is 11.4 Å². The van der Waals surface area contributed by atoms with Crippen LogP contribution >= 0.6 is 11.3 Å². The number of nitrogens with one attached hydrogen (secondary N) is 4. The zero-order valence-corrected chi connectivity index (χ0v) is 25.5. The van der Waals surface area contributed by atoms with E-state index in [2.05, 4.69) is 15.5 Å². The van der Waals surface area contributed by atoms with E-state index in [-0.39, 0.29) is 15.1 Å². The maximum atomic E-state index is 12.9. The minimum absolute atomic E-state index is 0.0257. The second-order valence-corrected chi connectivity index (χ2v) is 12.5. The molecule has 0 radical (unpaired) electrons. The van der Waals surface area contributed by atoms with Crippen molar-refractivity contribution in [3.8, 4) is 11.6 Å². The summed E-state index contributed by atoms with van der Waals surface area (Å²) < 4.78 is 27.2. The minimum Gasteiger partial charge on any atom is -0.500 e. The maximum absolute atomic E-state index is 12.9. The van der Waals surface area contributed by atoms with Gasteiger partial charge in [0.15, 0.2) is 10.8 Å². The fourth-order valence-electron chi connectivity index (χ4n) is 3.65. The molecular weight excluding hydrogens is 676 g/mol. The molecule has 2 saturated heterocycles. The summed E-state index contributed by atoms with van der Waals surface area (Å²) in [6.07, 6.45) is 0. The number of pyridine rings is 1. The number of H-pyrrole nitrogens is 1. The number of urea groups is 2. The number of oxime groups is 1. The van der Waals surface area contributed by atoms with Gasteiger partial charge in [-0.15, -0.1) is 11.3 Å². The van der Waals surface area contributed by atoms with Gasteiger partial charge in [-0.3, -0.25) is 29.5 Å². The molecule has 1 unspecified atom stereocenters. The first kappa shape index (κ1) is 33.9. The molecule has 9 N–H and O–H groups in total. The molecule has 0 aliphatic carbocycles. The Hall–Kier alpha value is -5.98. The molecule has 2 fully saturated rings. The van der Waals surface area contributed by atoms with Crippen molar-refractivity contribution in [1.29, 1.82) is 0 Å². The number of thiazole rings is 1. The molecule has 2 aromatic heterocycles. The Bertz CT molecular complexity index is 1890. The Balaban J connectivity index is 1.36. The summed E-state index contributed by atoms with van der Waals surface area (Å²) in [5.74, 6) is -6.81. The molecule has 2 aliphatic heterocycles. The standard InChI is InChI=1S/C22H24N10O13S2/c1-22(2,18(39)40)45-28-12(10-7-46-19(23)26-10)15(36)25-9-6-30(17(9)38)20(41)29-47(43,44)32-4-3-31(21(32)42)27-14(35)8-5-11(33)13(34)16(37)24-8/h5,7,9,34H,3-4,6H2,1-2H3,(H2,23,26)(H,25,36)(H,27,35)(H,29,41)(H,39,40)(H2,24,33,37). The number of aliphatic carboxylic acids is 1. The Morgan fingerprint density at radius 3 is 2.45 bits per heavy atom. The van der Waals surface area contributed by atoms with Crippen LogP contribution in [0.2, 0.25) is 0 Å². The first-order valence-corrected chi connectivity index (χ1v) is 15.1. The normalized spacial score (nSPS) is 16.9. The number of nitrogens with two attached hydrogens (primary N) is 1. The van der Waals surface area contributed by atoms with Crippen molar-refractivity contribution < 1.29 is 57.3 Å². The lowest BCUT2D eigenvalue weighted by Crippen LogP contribution is -2.68. The van der Waals surface area contributed by atoms with E-state index < -0.39 is 106 Å². The molecule has 252 valence electrons. The average molecular weight is 701 g/mol. The van der Waals surface area contributed by atoms with Crippen molar-refractivity contribution in [1.82, 2.24) is 39.6 Å². The molecule has 1 atom stereocenters. The van der Waals surface area contributed by atoms with Crippen LogP contribution in [0.4, 0.5) is 14.7 Å². The van der Waals surface area contributed by atoms with Gasteiger partial charge in [-0.25, -0.2) is 33.4 Å². The van der Waals surface area contributed by atoms with E-state index in [1.165, 1.54) is 10.1 Å². The Morgan fingerprint density at radius 2 is 1.87 bits per heavy atom. The van der Waals surface area contributed by atoms with E-state index in [4.69, 9.17) is 10.6 Å². The second kappa shape index (κ2) is 12.4. The van der Waals surface area contributed by atoms with Crippen LogP contribution < -0.4 is 26.6 Å². The largest absolute Gasteiger partial charge is 0.500 e. The van der Waals surface area contributed by atoms with Gasteiger partial charge in [-0.2, -0.15) is 8.42 Å². The highest BCUT2D eigenvalue weighted by atomic mass is 32.2. The molecule has 4 heterocycles. The summed E-state index contributed by atoms with van der Waals surface area (Å²) in [5.41, 5.74) is 3.34. The fraction of sp³-hybridized carbons (Fsp3) is 0.318. The zero-order valence-electron chi connectivity index (χ0n) is 23.9. The highest BCUT2D eigenvalue weighted by molar-refractivity contribution is 7.88. The summed E-state index contributed by atoms with van der Waals surface area (Å²) in [7, 11) is -4.94. The second-order valence-electron chi connectivity index (χ2n) is 10.00. The number of carbonyl (C=O) groups is 6. The monoisotopic (exact) mass is 700 g/mol. The summed E-state index contributed by atoms with van der Waals surface area (Å²) in [4.78, 5) is 97.4. The first-order chi connectivity index (χ1) is 21.8. The summed E-state index contributed by atoms with van der Waals surface area (Å²) in [6, 6.07) is -3.59. The number of likely N-dealkylation sites (tertiary alicyclic amines) is 1. The summed E-state index contributed by atoms with van der Waals surface area (Å²) in [6.45, 7) is 0.775. The van der Waals surface area contributed by atoms with Crippen molar-refractivity contribution >= 4 is 68.1 Å². The van der Waals surface area contributed by atoms with Gasteiger partial charge >= 0.3 is 28.2 Å². The fourth-order valence-corrected chi connectivity index (χ4v) is 5.27. The van der Waals surface area contributed by atoms with Gasteiger partial charge in [0.2, 0.25) is 22.7 Å². The number of anilines is 1. The number of amides is 7. The van der Waals surface area contributed by atoms with Crippen molar-refractivity contribution in [2.75, 3.05) is 25.4 Å². The van der Waals surface area contributed by atoms with Crippen LogP contribution in [0.15, 0.2) is 21.4 Å². The number of hydrogen-bond donors (Lipinski definition) is 8. The number of aromatic hydroxyl groups is 2. The van der Waals surface area contributed by atoms with E-state index >= 15 is 0 Å². The molecule has 23 nitrogen and oxygen atoms in total. The highest BCUT2D eigenvalue weighted by Crippen LogP contribution is 2.19. The van der Waals surface area contributed by atoms with Crippen molar-refractivity contribution in [3.05, 3.63) is 33.1 Å².